The van der Waals surface area contributed by atoms with E-state index in [1.54, 1.807) is 11.3 Å². The van der Waals surface area contributed by atoms with Gasteiger partial charge in [0.2, 0.25) is 5.91 Å². The molecule has 1 N–H and O–H groups in total. The van der Waals surface area contributed by atoms with E-state index in [9.17, 15) is 4.79 Å². The molecule has 0 aliphatic carbocycles. The van der Waals surface area contributed by atoms with Crippen molar-refractivity contribution in [1.29, 1.82) is 0 Å². The van der Waals surface area contributed by atoms with Gasteiger partial charge in [-0.05, 0) is 29.8 Å². The summed E-state index contributed by atoms with van der Waals surface area (Å²) in [5.74, 6) is -0.0594. The molecule has 0 spiro atoms. The number of para-hydroxylation sites is 1. The summed E-state index contributed by atoms with van der Waals surface area (Å²) in [6.45, 7) is 0. The first-order chi connectivity index (χ1) is 11.2. The van der Waals surface area contributed by atoms with E-state index >= 15 is 0 Å². The van der Waals surface area contributed by atoms with E-state index in [-0.39, 0.29) is 12.3 Å². The van der Waals surface area contributed by atoms with Crippen LogP contribution in [0.4, 0.5) is 5.69 Å². The fourth-order valence-electron chi connectivity index (χ4n) is 2.22. The first kappa shape index (κ1) is 15.7. The first-order valence-electron chi connectivity index (χ1n) is 7.22. The molecule has 3 rings (SSSR count). The molecule has 23 heavy (non-hydrogen) atoms. The van der Waals surface area contributed by atoms with Gasteiger partial charge in [-0.3, -0.25) is 4.79 Å². The molecule has 1 aromatic heterocycles. The second-order valence-corrected chi connectivity index (χ2v) is 6.51. The number of nitrogens with zero attached hydrogens (tertiary/aromatic N) is 1. The van der Waals surface area contributed by atoms with Gasteiger partial charge >= 0.3 is 0 Å². The Morgan fingerprint density at radius 3 is 2.74 bits per heavy atom. The lowest BCUT2D eigenvalue weighted by molar-refractivity contribution is -0.115. The summed E-state index contributed by atoms with van der Waals surface area (Å²) in [6.07, 6.45) is 1.01. The third-order valence-corrected chi connectivity index (χ3v) is 4.38. The minimum absolute atomic E-state index is 0.0594. The van der Waals surface area contributed by atoms with Gasteiger partial charge in [0.15, 0.2) is 0 Å². The third-order valence-electron chi connectivity index (χ3n) is 3.24. The summed E-state index contributed by atoms with van der Waals surface area (Å²) in [5.41, 5.74) is 2.71. The van der Waals surface area contributed by atoms with Crippen LogP contribution >= 0.6 is 22.9 Å². The zero-order valence-corrected chi connectivity index (χ0v) is 13.9. The molecule has 116 valence electrons. The van der Waals surface area contributed by atoms with Crippen molar-refractivity contribution in [1.82, 2.24) is 4.98 Å². The zero-order valence-electron chi connectivity index (χ0n) is 12.3. The second-order valence-electron chi connectivity index (χ2n) is 5.13. The molecule has 1 heterocycles. The number of nitrogens with one attached hydrogen (secondary N) is 1. The molecule has 0 radical (unpaired) electrons. The number of aromatic nitrogens is 1. The number of hydrogen-bond donors (Lipinski definition) is 1. The molecule has 0 aliphatic heterocycles. The Labute approximate surface area is 144 Å². The van der Waals surface area contributed by atoms with Crippen molar-refractivity contribution in [3.8, 4) is 0 Å². The molecule has 3 aromatic rings. The maximum atomic E-state index is 12.0. The Morgan fingerprint density at radius 1 is 1.13 bits per heavy atom. The monoisotopic (exact) mass is 342 g/mol. The van der Waals surface area contributed by atoms with Crippen LogP contribution in [0, 0.1) is 0 Å². The van der Waals surface area contributed by atoms with Gasteiger partial charge in [0.25, 0.3) is 0 Å². The van der Waals surface area contributed by atoms with Crippen molar-refractivity contribution < 1.29 is 4.79 Å². The van der Waals surface area contributed by atoms with Crippen molar-refractivity contribution in [2.75, 3.05) is 5.32 Å². The van der Waals surface area contributed by atoms with E-state index in [1.807, 2.05) is 60.0 Å². The summed E-state index contributed by atoms with van der Waals surface area (Å²) in [7, 11) is 0. The number of carbonyl (C=O) groups is 1. The van der Waals surface area contributed by atoms with Crippen LogP contribution in [0.1, 0.15) is 16.3 Å². The summed E-state index contributed by atoms with van der Waals surface area (Å²) in [4.78, 5) is 16.6. The lowest BCUT2D eigenvalue weighted by Gasteiger charge is -2.03. The molecular weight excluding hydrogens is 328 g/mol. The normalized spacial score (nSPS) is 10.5. The fraction of sp³-hybridized carbons (Fsp3) is 0.111. The number of benzene rings is 2. The van der Waals surface area contributed by atoms with Gasteiger partial charge in [-0.1, -0.05) is 41.9 Å². The highest BCUT2D eigenvalue weighted by Gasteiger charge is 2.09. The summed E-state index contributed by atoms with van der Waals surface area (Å²) in [5, 5.41) is 6.50. The number of anilines is 1. The van der Waals surface area contributed by atoms with E-state index in [2.05, 4.69) is 10.3 Å². The highest BCUT2D eigenvalue weighted by atomic mass is 35.5. The number of thiazole rings is 1. The lowest BCUT2D eigenvalue weighted by atomic mass is 10.2. The minimum Gasteiger partial charge on any atom is -0.326 e. The number of amides is 1. The highest BCUT2D eigenvalue weighted by Crippen LogP contribution is 2.18. The van der Waals surface area contributed by atoms with Crippen LogP contribution < -0.4 is 5.32 Å². The lowest BCUT2D eigenvalue weighted by Crippen LogP contribution is -2.14. The van der Waals surface area contributed by atoms with Crippen molar-refractivity contribution in [3.05, 3.63) is 81.3 Å². The first-order valence-corrected chi connectivity index (χ1v) is 8.47. The van der Waals surface area contributed by atoms with E-state index in [4.69, 9.17) is 11.6 Å². The Balaban J connectivity index is 1.60. The molecule has 0 aliphatic rings. The second kappa shape index (κ2) is 7.40. The molecular formula is C18H15ClN2OS. The van der Waals surface area contributed by atoms with Crippen LogP contribution in [-0.4, -0.2) is 10.9 Å². The maximum Gasteiger partial charge on any atom is 0.230 e. The maximum absolute atomic E-state index is 12.0. The Morgan fingerprint density at radius 2 is 1.96 bits per heavy atom. The van der Waals surface area contributed by atoms with Crippen LogP contribution in [0.2, 0.25) is 5.02 Å². The Hall–Kier alpha value is -2.17. The molecule has 2 aromatic carbocycles. The van der Waals surface area contributed by atoms with Gasteiger partial charge in [0.05, 0.1) is 17.1 Å². The standard InChI is InChI=1S/C18H15ClN2OS/c19-14-6-4-5-13(9-14)10-18-21-16(12-23-18)11-17(22)20-15-7-2-1-3-8-15/h1-9,12H,10-11H2,(H,20,22). The smallest absolute Gasteiger partial charge is 0.230 e. The number of rotatable bonds is 5. The van der Waals surface area contributed by atoms with Gasteiger partial charge in [-0.25, -0.2) is 4.98 Å². The number of halogens is 1. The molecule has 0 atom stereocenters. The molecule has 0 saturated heterocycles. The SMILES string of the molecule is O=C(Cc1csc(Cc2cccc(Cl)c2)n1)Nc1ccccc1. The summed E-state index contributed by atoms with van der Waals surface area (Å²) < 4.78 is 0. The van der Waals surface area contributed by atoms with Gasteiger partial charge in [0, 0.05) is 22.5 Å². The molecule has 5 heteroatoms. The fourth-order valence-corrected chi connectivity index (χ4v) is 3.26. The summed E-state index contributed by atoms with van der Waals surface area (Å²) >= 11 is 7.56. The van der Waals surface area contributed by atoms with E-state index in [0.29, 0.717) is 0 Å². The quantitative estimate of drug-likeness (QED) is 0.738. The van der Waals surface area contributed by atoms with Crippen molar-refractivity contribution in [3.63, 3.8) is 0 Å². The van der Waals surface area contributed by atoms with Gasteiger partial charge in [-0.15, -0.1) is 11.3 Å². The van der Waals surface area contributed by atoms with Gasteiger partial charge in [-0.2, -0.15) is 0 Å². The zero-order chi connectivity index (χ0) is 16.1. The molecule has 3 nitrogen and oxygen atoms in total. The predicted octanol–water partition coefficient (Wildman–Crippen LogP) is 4.57. The average molecular weight is 343 g/mol. The minimum atomic E-state index is -0.0594. The van der Waals surface area contributed by atoms with Crippen molar-refractivity contribution in [2.45, 2.75) is 12.8 Å². The summed E-state index contributed by atoms with van der Waals surface area (Å²) in [6, 6.07) is 17.2. The third kappa shape index (κ3) is 4.65. The Bertz CT molecular complexity index is 802. The van der Waals surface area contributed by atoms with Crippen LogP contribution in [0.3, 0.4) is 0 Å². The van der Waals surface area contributed by atoms with E-state index in [1.165, 1.54) is 0 Å². The van der Waals surface area contributed by atoms with Crippen LogP contribution in [0.15, 0.2) is 60.0 Å². The molecule has 0 bridgehead atoms. The van der Waals surface area contributed by atoms with Crippen LogP contribution in [-0.2, 0) is 17.6 Å². The van der Waals surface area contributed by atoms with Crippen LogP contribution in [0.5, 0.6) is 0 Å². The molecule has 0 fully saturated rings. The Kier molecular flexibility index (Phi) is 5.05. The van der Waals surface area contributed by atoms with E-state index in [0.717, 1.165) is 33.4 Å². The predicted molar refractivity (Wildman–Crippen MR) is 95.1 cm³/mol. The molecule has 0 unspecified atom stereocenters. The number of hydrogen-bond acceptors (Lipinski definition) is 3. The average Bonchev–Trinajstić information content (AvgIpc) is 2.95. The van der Waals surface area contributed by atoms with Gasteiger partial charge in [0.1, 0.15) is 0 Å². The van der Waals surface area contributed by atoms with Crippen LogP contribution in [0.25, 0.3) is 0 Å². The van der Waals surface area contributed by atoms with Crippen molar-refractivity contribution >= 4 is 34.5 Å². The van der Waals surface area contributed by atoms with Gasteiger partial charge < -0.3 is 5.32 Å². The molecule has 1 amide bonds. The number of carbonyl (C=O) groups excluding carboxylic acids is 1. The topological polar surface area (TPSA) is 42.0 Å². The van der Waals surface area contributed by atoms with Crippen molar-refractivity contribution in [2.24, 2.45) is 0 Å². The largest absolute Gasteiger partial charge is 0.326 e. The highest BCUT2D eigenvalue weighted by molar-refractivity contribution is 7.09. The molecule has 0 saturated carbocycles. The van der Waals surface area contributed by atoms with E-state index < -0.39 is 0 Å².